The largest absolute Gasteiger partial charge is 0.481 e. The molecule has 110 valence electrons. The van der Waals surface area contributed by atoms with E-state index in [1.54, 1.807) is 11.8 Å². The summed E-state index contributed by atoms with van der Waals surface area (Å²) in [6.45, 7) is 4.67. The number of hydrogen-bond donors (Lipinski definition) is 3. The molecule has 1 rings (SSSR count). The number of carbonyl (C=O) groups excluding carboxylic acids is 1. The summed E-state index contributed by atoms with van der Waals surface area (Å²) in [5.41, 5.74) is -0.556. The van der Waals surface area contributed by atoms with Crippen LogP contribution in [0.5, 0.6) is 0 Å². The van der Waals surface area contributed by atoms with E-state index >= 15 is 0 Å². The van der Waals surface area contributed by atoms with Crippen LogP contribution in [0.1, 0.15) is 46.0 Å². The van der Waals surface area contributed by atoms with Gasteiger partial charge >= 0.3 is 12.0 Å². The third kappa shape index (κ3) is 5.30. The molecule has 1 aliphatic carbocycles. The summed E-state index contributed by atoms with van der Waals surface area (Å²) in [5.74, 6) is -0.855. The molecule has 1 saturated carbocycles. The van der Waals surface area contributed by atoms with Crippen molar-refractivity contribution in [1.82, 2.24) is 10.6 Å². The molecule has 5 nitrogen and oxygen atoms in total. The van der Waals surface area contributed by atoms with Crippen molar-refractivity contribution in [1.29, 1.82) is 0 Å². The highest BCUT2D eigenvalue weighted by molar-refractivity contribution is 7.99. The minimum atomic E-state index is -0.855. The molecule has 1 fully saturated rings. The highest BCUT2D eigenvalue weighted by Crippen LogP contribution is 2.32. The Morgan fingerprint density at radius 3 is 2.37 bits per heavy atom. The van der Waals surface area contributed by atoms with Gasteiger partial charge in [0, 0.05) is 11.3 Å². The summed E-state index contributed by atoms with van der Waals surface area (Å²) in [4.78, 5) is 22.9. The van der Waals surface area contributed by atoms with E-state index in [1.807, 2.05) is 6.26 Å². The first-order valence-corrected chi connectivity index (χ1v) is 7.84. The van der Waals surface area contributed by atoms with E-state index < -0.39 is 11.5 Å². The summed E-state index contributed by atoms with van der Waals surface area (Å²) in [7, 11) is 0. The van der Waals surface area contributed by atoms with E-state index in [1.165, 1.54) is 0 Å². The van der Waals surface area contributed by atoms with Gasteiger partial charge < -0.3 is 15.7 Å². The van der Waals surface area contributed by atoms with Crippen molar-refractivity contribution >= 4 is 23.8 Å². The SMILES string of the molecule is CSC(C)(C)CNC(=O)NC1(CC(=O)O)CCCC1. The Hall–Kier alpha value is -0.910. The molecule has 0 bridgehead atoms. The van der Waals surface area contributed by atoms with Crippen LogP contribution in [0.4, 0.5) is 4.79 Å². The zero-order valence-electron chi connectivity index (χ0n) is 11.9. The fourth-order valence-corrected chi connectivity index (χ4v) is 2.55. The van der Waals surface area contributed by atoms with Crippen molar-refractivity contribution in [2.75, 3.05) is 12.8 Å². The Kier molecular flexibility index (Phi) is 5.52. The molecule has 0 atom stereocenters. The van der Waals surface area contributed by atoms with Crippen LogP contribution >= 0.6 is 11.8 Å². The average Bonchev–Trinajstić information content (AvgIpc) is 2.74. The van der Waals surface area contributed by atoms with Gasteiger partial charge in [0.1, 0.15) is 0 Å². The minimum absolute atomic E-state index is 0.00629. The maximum Gasteiger partial charge on any atom is 0.315 e. The number of carbonyl (C=O) groups is 2. The third-order valence-corrected chi connectivity index (χ3v) is 4.91. The van der Waals surface area contributed by atoms with Crippen LogP contribution in [0.15, 0.2) is 0 Å². The fourth-order valence-electron chi connectivity index (χ4n) is 2.34. The molecule has 6 heteroatoms. The number of rotatable bonds is 6. The number of nitrogens with one attached hydrogen (secondary N) is 2. The van der Waals surface area contributed by atoms with Crippen molar-refractivity contribution in [3.05, 3.63) is 0 Å². The lowest BCUT2D eigenvalue weighted by Gasteiger charge is -2.30. The molecular formula is C13H24N2O3S. The first-order valence-electron chi connectivity index (χ1n) is 6.62. The summed E-state index contributed by atoms with van der Waals surface area (Å²) in [6, 6.07) is -0.259. The van der Waals surface area contributed by atoms with E-state index in [4.69, 9.17) is 5.11 Å². The molecule has 0 radical (unpaired) electrons. The normalized spacial score (nSPS) is 18.1. The molecule has 0 aromatic rings. The summed E-state index contributed by atoms with van der Waals surface area (Å²) >= 11 is 1.68. The van der Waals surface area contributed by atoms with E-state index in [9.17, 15) is 9.59 Å². The lowest BCUT2D eigenvalue weighted by Crippen LogP contribution is -2.53. The van der Waals surface area contributed by atoms with Gasteiger partial charge in [-0.1, -0.05) is 12.8 Å². The molecule has 0 heterocycles. The first kappa shape index (κ1) is 16.1. The van der Waals surface area contributed by atoms with Crippen molar-refractivity contribution in [3.8, 4) is 0 Å². The lowest BCUT2D eigenvalue weighted by atomic mass is 9.93. The van der Waals surface area contributed by atoms with Crippen molar-refractivity contribution < 1.29 is 14.7 Å². The lowest BCUT2D eigenvalue weighted by molar-refractivity contribution is -0.138. The van der Waals surface area contributed by atoms with Crippen molar-refractivity contribution in [2.24, 2.45) is 0 Å². The van der Waals surface area contributed by atoms with Crippen LogP contribution in [0.2, 0.25) is 0 Å². The van der Waals surface area contributed by atoms with Gasteiger partial charge in [-0.3, -0.25) is 4.79 Å². The predicted molar refractivity (Wildman–Crippen MR) is 77.6 cm³/mol. The van der Waals surface area contributed by atoms with Crippen LogP contribution in [0.25, 0.3) is 0 Å². The topological polar surface area (TPSA) is 78.4 Å². The van der Waals surface area contributed by atoms with Gasteiger partial charge in [0.15, 0.2) is 0 Å². The number of hydrogen-bond acceptors (Lipinski definition) is 3. The third-order valence-electron chi connectivity index (χ3n) is 3.66. The second-order valence-electron chi connectivity index (χ2n) is 5.83. The maximum atomic E-state index is 11.9. The van der Waals surface area contributed by atoms with Gasteiger partial charge in [-0.25, -0.2) is 4.79 Å². The molecule has 0 aromatic carbocycles. The Morgan fingerprint density at radius 2 is 1.89 bits per heavy atom. The zero-order chi connectivity index (χ0) is 14.5. The standard InChI is InChI=1S/C13H24N2O3S/c1-12(2,19-3)9-14-11(18)15-13(8-10(16)17)6-4-5-7-13/h4-9H2,1-3H3,(H,16,17)(H2,14,15,18). The maximum absolute atomic E-state index is 11.9. The van der Waals surface area contributed by atoms with Gasteiger partial charge in [0.2, 0.25) is 0 Å². The van der Waals surface area contributed by atoms with Crippen molar-refractivity contribution in [3.63, 3.8) is 0 Å². The molecular weight excluding hydrogens is 264 g/mol. The average molecular weight is 288 g/mol. The second-order valence-corrected chi connectivity index (χ2v) is 7.34. The van der Waals surface area contributed by atoms with Crippen LogP contribution in [-0.2, 0) is 4.79 Å². The quantitative estimate of drug-likeness (QED) is 0.700. The van der Waals surface area contributed by atoms with E-state index in [0.717, 1.165) is 25.7 Å². The van der Waals surface area contributed by atoms with Gasteiger partial charge in [-0.15, -0.1) is 0 Å². The fraction of sp³-hybridized carbons (Fsp3) is 0.846. The first-order chi connectivity index (χ1) is 8.79. The number of urea groups is 1. The molecule has 2 amide bonds. The van der Waals surface area contributed by atoms with Gasteiger partial charge in [-0.05, 0) is 32.9 Å². The number of carboxylic acids is 1. The molecule has 0 aliphatic heterocycles. The smallest absolute Gasteiger partial charge is 0.315 e. The van der Waals surface area contributed by atoms with Crippen molar-refractivity contribution in [2.45, 2.75) is 56.2 Å². The van der Waals surface area contributed by atoms with Gasteiger partial charge in [0.25, 0.3) is 0 Å². The predicted octanol–water partition coefficient (Wildman–Crippen LogP) is 2.21. The second kappa shape index (κ2) is 6.50. The van der Waals surface area contributed by atoms with E-state index in [-0.39, 0.29) is 17.2 Å². The van der Waals surface area contributed by atoms with Crippen LogP contribution in [0.3, 0.4) is 0 Å². The Labute approximate surface area is 118 Å². The summed E-state index contributed by atoms with van der Waals surface area (Å²) in [5, 5.41) is 14.7. The molecule has 0 unspecified atom stereocenters. The number of amides is 2. The van der Waals surface area contributed by atoms with Crippen LogP contribution < -0.4 is 10.6 Å². The number of aliphatic carboxylic acids is 1. The molecule has 19 heavy (non-hydrogen) atoms. The van der Waals surface area contributed by atoms with Crippen LogP contribution in [0, 0.1) is 0 Å². The molecule has 1 aliphatic rings. The molecule has 0 spiro atoms. The minimum Gasteiger partial charge on any atom is -0.481 e. The monoisotopic (exact) mass is 288 g/mol. The molecule has 0 aromatic heterocycles. The Morgan fingerprint density at radius 1 is 1.32 bits per heavy atom. The Bertz CT molecular complexity index is 339. The Balaban J connectivity index is 2.51. The highest BCUT2D eigenvalue weighted by atomic mass is 32.2. The molecule has 0 saturated heterocycles. The van der Waals surface area contributed by atoms with Crippen LogP contribution in [-0.4, -0.2) is 40.2 Å². The zero-order valence-corrected chi connectivity index (χ0v) is 12.7. The van der Waals surface area contributed by atoms with Gasteiger partial charge in [0.05, 0.1) is 12.0 Å². The van der Waals surface area contributed by atoms with Gasteiger partial charge in [-0.2, -0.15) is 11.8 Å². The highest BCUT2D eigenvalue weighted by Gasteiger charge is 2.37. The molecule has 3 N–H and O–H groups in total. The summed E-state index contributed by atoms with van der Waals surface area (Å²) < 4.78 is -0.0209. The van der Waals surface area contributed by atoms with E-state index in [2.05, 4.69) is 24.5 Å². The van der Waals surface area contributed by atoms with E-state index in [0.29, 0.717) is 6.54 Å². The summed E-state index contributed by atoms with van der Waals surface area (Å²) in [6.07, 6.45) is 5.46. The number of carboxylic acid groups (broad SMARTS) is 1. The number of thioether (sulfide) groups is 1.